The molecule has 0 aromatic heterocycles. The van der Waals surface area contributed by atoms with E-state index in [2.05, 4.69) is 17.1 Å². The van der Waals surface area contributed by atoms with Gasteiger partial charge in [0.2, 0.25) is 0 Å². The molecule has 0 radical (unpaired) electrons. The Hall–Kier alpha value is -2.44. The van der Waals surface area contributed by atoms with Crippen molar-refractivity contribution in [3.8, 4) is 0 Å². The van der Waals surface area contributed by atoms with Crippen LogP contribution in [-0.4, -0.2) is 60.6 Å². The average molecular weight is 353 g/mol. The Balaban J connectivity index is 1.51. The third kappa shape index (κ3) is 3.06. The van der Waals surface area contributed by atoms with E-state index in [0.29, 0.717) is 32.3 Å². The molecule has 2 atom stereocenters. The van der Waals surface area contributed by atoms with Gasteiger partial charge in [-0.25, -0.2) is 4.79 Å². The number of fused-ring (bicyclic) bond motifs is 1. The highest BCUT2D eigenvalue weighted by molar-refractivity contribution is 6.06. The molecule has 2 aromatic carbocycles. The zero-order chi connectivity index (χ0) is 18.1. The minimum Gasteiger partial charge on any atom is -0.379 e. The van der Waals surface area contributed by atoms with Crippen molar-refractivity contribution in [2.75, 3.05) is 32.8 Å². The van der Waals surface area contributed by atoms with Gasteiger partial charge >= 0.3 is 6.03 Å². The van der Waals surface area contributed by atoms with Gasteiger partial charge in [0.05, 0.1) is 13.2 Å². The molecule has 2 fully saturated rings. The maximum atomic E-state index is 12.9. The monoisotopic (exact) mass is 353 g/mol. The summed E-state index contributed by atoms with van der Waals surface area (Å²) in [7, 11) is 0. The number of hydrogen-bond donors (Lipinski definition) is 1. The van der Waals surface area contributed by atoms with Crippen molar-refractivity contribution in [1.82, 2.24) is 15.1 Å². The van der Waals surface area contributed by atoms with Crippen LogP contribution in [0, 0.1) is 0 Å². The molecule has 6 nitrogen and oxygen atoms in total. The van der Waals surface area contributed by atoms with Crippen LogP contribution in [0.3, 0.4) is 0 Å². The van der Waals surface area contributed by atoms with E-state index in [1.807, 2.05) is 42.5 Å². The lowest BCUT2D eigenvalue weighted by Crippen LogP contribution is -2.47. The normalized spacial score (nSPS) is 24.3. The van der Waals surface area contributed by atoms with E-state index >= 15 is 0 Å². The third-order valence-corrected chi connectivity index (χ3v) is 5.28. The number of morpholine rings is 1. The van der Waals surface area contributed by atoms with Crippen LogP contribution in [0.5, 0.6) is 0 Å². The fourth-order valence-corrected chi connectivity index (χ4v) is 3.77. The Labute approximate surface area is 152 Å². The van der Waals surface area contributed by atoms with Gasteiger partial charge in [0.15, 0.2) is 0 Å². The van der Waals surface area contributed by atoms with Crippen molar-refractivity contribution >= 4 is 22.7 Å². The molecule has 0 bridgehead atoms. The second-order valence-corrected chi connectivity index (χ2v) is 6.90. The first kappa shape index (κ1) is 17.0. The van der Waals surface area contributed by atoms with Crippen molar-refractivity contribution in [2.24, 2.45) is 0 Å². The smallest absolute Gasteiger partial charge is 0.325 e. The van der Waals surface area contributed by atoms with Gasteiger partial charge in [0, 0.05) is 25.7 Å². The Morgan fingerprint density at radius 3 is 2.77 bits per heavy atom. The molecular weight excluding hydrogens is 330 g/mol. The van der Waals surface area contributed by atoms with Crippen molar-refractivity contribution in [2.45, 2.75) is 19.0 Å². The third-order valence-electron chi connectivity index (χ3n) is 5.28. The van der Waals surface area contributed by atoms with E-state index < -0.39 is 6.04 Å². The maximum Gasteiger partial charge on any atom is 0.325 e. The minimum absolute atomic E-state index is 0.174. The number of benzene rings is 2. The van der Waals surface area contributed by atoms with E-state index in [4.69, 9.17) is 4.74 Å². The molecule has 6 heteroatoms. The van der Waals surface area contributed by atoms with Gasteiger partial charge in [-0.15, -0.1) is 0 Å². The Morgan fingerprint density at radius 1 is 1.12 bits per heavy atom. The molecule has 2 aliphatic rings. The lowest BCUT2D eigenvalue weighted by molar-refractivity contribution is -0.127. The number of rotatable bonds is 4. The number of imide groups is 1. The fraction of sp³-hybridized carbons (Fsp3) is 0.400. The number of urea groups is 1. The van der Waals surface area contributed by atoms with Crippen LogP contribution < -0.4 is 5.32 Å². The molecule has 2 heterocycles. The first-order valence-corrected chi connectivity index (χ1v) is 9.06. The summed E-state index contributed by atoms with van der Waals surface area (Å²) in [5.41, 5.74) is 0.851. The number of ether oxygens (including phenoxy) is 1. The summed E-state index contributed by atoms with van der Waals surface area (Å²) in [5.74, 6) is -0.174. The lowest BCUT2D eigenvalue weighted by atomic mass is 9.99. The van der Waals surface area contributed by atoms with Crippen LogP contribution in [-0.2, 0) is 9.53 Å². The van der Waals surface area contributed by atoms with E-state index in [0.717, 1.165) is 22.9 Å². The summed E-state index contributed by atoms with van der Waals surface area (Å²) in [6.45, 7) is 5.39. The van der Waals surface area contributed by atoms with Crippen molar-refractivity contribution in [3.05, 3.63) is 48.0 Å². The van der Waals surface area contributed by atoms with E-state index in [1.165, 1.54) is 4.90 Å². The van der Waals surface area contributed by atoms with E-state index in [1.54, 1.807) is 0 Å². The highest BCUT2D eigenvalue weighted by atomic mass is 16.5. The number of nitrogens with one attached hydrogen (secondary N) is 1. The number of carbonyl (C=O) groups excluding carboxylic acids is 2. The van der Waals surface area contributed by atoms with Gasteiger partial charge in [-0.1, -0.05) is 42.5 Å². The summed E-state index contributed by atoms with van der Waals surface area (Å²) < 4.78 is 5.44. The zero-order valence-electron chi connectivity index (χ0n) is 14.9. The number of nitrogens with zero attached hydrogens (tertiary/aromatic N) is 2. The Morgan fingerprint density at radius 2 is 1.92 bits per heavy atom. The van der Waals surface area contributed by atoms with Gasteiger partial charge in [-0.3, -0.25) is 14.6 Å². The predicted octanol–water partition coefficient (Wildman–Crippen LogP) is 2.15. The van der Waals surface area contributed by atoms with Crippen molar-refractivity contribution < 1.29 is 14.3 Å². The number of amides is 3. The lowest BCUT2D eigenvalue weighted by Gasteiger charge is -2.33. The molecule has 3 amide bonds. The molecule has 0 spiro atoms. The highest BCUT2D eigenvalue weighted by Crippen LogP contribution is 2.28. The van der Waals surface area contributed by atoms with Gasteiger partial charge in [-0.2, -0.15) is 0 Å². The molecule has 2 aromatic rings. The largest absolute Gasteiger partial charge is 0.379 e. The van der Waals surface area contributed by atoms with Gasteiger partial charge in [-0.05, 0) is 23.3 Å². The Kier molecular flexibility index (Phi) is 4.61. The standard InChI is InChI=1S/C20H23N3O3/c1-14-13-26-12-11-22(14)9-10-23-19(24)18(21-20(23)25)17-8-4-6-15-5-2-3-7-16(15)17/h2-8,14,18H,9-13H2,1H3,(H,21,25). The average Bonchev–Trinajstić information content (AvgIpc) is 2.94. The number of carbonyl (C=O) groups is 2. The minimum atomic E-state index is -0.615. The molecule has 0 aliphatic carbocycles. The van der Waals surface area contributed by atoms with Crippen LogP contribution in [0.15, 0.2) is 42.5 Å². The van der Waals surface area contributed by atoms with Crippen LogP contribution >= 0.6 is 0 Å². The maximum absolute atomic E-state index is 12.9. The molecule has 26 heavy (non-hydrogen) atoms. The quantitative estimate of drug-likeness (QED) is 0.856. The zero-order valence-corrected chi connectivity index (χ0v) is 14.9. The molecule has 2 saturated heterocycles. The second kappa shape index (κ2) is 7.05. The molecular formula is C20H23N3O3. The van der Waals surface area contributed by atoms with Gasteiger partial charge in [0.25, 0.3) is 5.91 Å². The van der Waals surface area contributed by atoms with Crippen molar-refractivity contribution in [1.29, 1.82) is 0 Å². The highest BCUT2D eigenvalue weighted by Gasteiger charge is 2.39. The van der Waals surface area contributed by atoms with Crippen LogP contribution in [0.2, 0.25) is 0 Å². The first-order valence-electron chi connectivity index (χ1n) is 9.06. The van der Waals surface area contributed by atoms with Crippen LogP contribution in [0.1, 0.15) is 18.5 Å². The summed E-state index contributed by atoms with van der Waals surface area (Å²) in [6, 6.07) is 13.1. The molecule has 2 aliphatic heterocycles. The fourth-order valence-electron chi connectivity index (χ4n) is 3.77. The van der Waals surface area contributed by atoms with Crippen LogP contribution in [0.25, 0.3) is 10.8 Å². The molecule has 1 N–H and O–H groups in total. The van der Waals surface area contributed by atoms with E-state index in [9.17, 15) is 9.59 Å². The first-order chi connectivity index (χ1) is 12.6. The summed E-state index contributed by atoms with van der Waals surface area (Å²) in [6.07, 6.45) is 0. The summed E-state index contributed by atoms with van der Waals surface area (Å²) in [4.78, 5) is 28.9. The number of hydrogen-bond acceptors (Lipinski definition) is 4. The molecule has 136 valence electrons. The molecule has 2 unspecified atom stereocenters. The van der Waals surface area contributed by atoms with E-state index in [-0.39, 0.29) is 11.9 Å². The molecule has 4 rings (SSSR count). The van der Waals surface area contributed by atoms with Crippen molar-refractivity contribution in [3.63, 3.8) is 0 Å². The Bertz CT molecular complexity index is 833. The topological polar surface area (TPSA) is 61.9 Å². The summed E-state index contributed by atoms with van der Waals surface area (Å²) in [5, 5.41) is 4.92. The predicted molar refractivity (Wildman–Crippen MR) is 98.8 cm³/mol. The summed E-state index contributed by atoms with van der Waals surface area (Å²) >= 11 is 0. The van der Waals surface area contributed by atoms with Gasteiger partial charge in [0.1, 0.15) is 6.04 Å². The van der Waals surface area contributed by atoms with Crippen LogP contribution in [0.4, 0.5) is 4.79 Å². The second-order valence-electron chi connectivity index (χ2n) is 6.90. The van der Waals surface area contributed by atoms with Gasteiger partial charge < -0.3 is 10.1 Å². The SMILES string of the molecule is CC1COCCN1CCN1C(=O)NC(c2cccc3ccccc23)C1=O. The molecule has 0 saturated carbocycles.